The molecule has 1 aromatic rings. The van der Waals surface area contributed by atoms with Crippen LogP contribution in [0.5, 0.6) is 5.75 Å². The van der Waals surface area contributed by atoms with Crippen molar-refractivity contribution in [1.82, 2.24) is 4.90 Å². The minimum absolute atomic E-state index is 0.0344. The zero-order valence-corrected chi connectivity index (χ0v) is 13.7. The fraction of sp³-hybridized carbons (Fsp3) is 0.389. The fourth-order valence-electron chi connectivity index (χ4n) is 2.93. The van der Waals surface area contributed by atoms with Crippen LogP contribution in [0.4, 0.5) is 0 Å². The van der Waals surface area contributed by atoms with Gasteiger partial charge < -0.3 is 9.47 Å². The van der Waals surface area contributed by atoms with Crippen LogP contribution in [0.15, 0.2) is 35.6 Å². The highest BCUT2D eigenvalue weighted by Crippen LogP contribution is 2.29. The Morgan fingerprint density at radius 2 is 1.92 bits per heavy atom. The number of nitrogens with zero attached hydrogens (tertiary/aromatic N) is 1. The maximum Gasteiger partial charge on any atom is 0.297 e. The molecule has 0 radical (unpaired) electrons. The van der Waals surface area contributed by atoms with Gasteiger partial charge in [-0.2, -0.15) is 0 Å². The Hall–Kier alpha value is -2.47. The summed E-state index contributed by atoms with van der Waals surface area (Å²) in [6, 6.07) is 6.42. The molecule has 3 rings (SSSR count). The number of ether oxygens (including phenoxy) is 2. The van der Waals surface area contributed by atoms with Crippen LogP contribution in [-0.2, 0) is 14.3 Å². The van der Waals surface area contributed by atoms with E-state index in [1.54, 1.807) is 31.2 Å². The number of benzene rings is 1. The molecule has 1 fully saturated rings. The number of rotatable bonds is 4. The zero-order valence-electron chi connectivity index (χ0n) is 13.7. The largest absolute Gasteiger partial charge is 0.451 e. The Kier molecular flexibility index (Phi) is 4.49. The first-order chi connectivity index (χ1) is 11.5. The third-order valence-electron chi connectivity index (χ3n) is 4.31. The predicted octanol–water partition coefficient (Wildman–Crippen LogP) is 2.09. The Morgan fingerprint density at radius 3 is 2.58 bits per heavy atom. The van der Waals surface area contributed by atoms with Gasteiger partial charge in [0, 0.05) is 24.8 Å². The highest BCUT2D eigenvalue weighted by Gasteiger charge is 2.42. The summed E-state index contributed by atoms with van der Waals surface area (Å²) in [5.74, 6) is -0.426. The van der Waals surface area contributed by atoms with Gasteiger partial charge in [0.2, 0.25) is 5.76 Å². The van der Waals surface area contributed by atoms with Crippen molar-refractivity contribution >= 4 is 17.6 Å². The number of imide groups is 1. The van der Waals surface area contributed by atoms with E-state index in [4.69, 9.17) is 9.47 Å². The monoisotopic (exact) mass is 329 g/mol. The van der Waals surface area contributed by atoms with E-state index in [-0.39, 0.29) is 23.5 Å². The van der Waals surface area contributed by atoms with Crippen LogP contribution >= 0.6 is 0 Å². The molecule has 0 bridgehead atoms. The maximum atomic E-state index is 12.7. The lowest BCUT2D eigenvalue weighted by Crippen LogP contribution is -2.44. The second-order valence-corrected chi connectivity index (χ2v) is 5.96. The Bertz CT molecular complexity index is 731. The SMILES string of the molecule is CC(=O)c1cccc(OC2=C(C)C(=O)N(C3CCOCC3)C2=O)c1. The fourth-order valence-corrected chi connectivity index (χ4v) is 2.93. The van der Waals surface area contributed by atoms with Crippen LogP contribution in [0.25, 0.3) is 0 Å². The summed E-state index contributed by atoms with van der Waals surface area (Å²) in [6.45, 7) is 4.12. The van der Waals surface area contributed by atoms with Gasteiger partial charge in [-0.1, -0.05) is 12.1 Å². The van der Waals surface area contributed by atoms with Crippen LogP contribution in [0, 0.1) is 0 Å². The second-order valence-electron chi connectivity index (χ2n) is 5.96. The van der Waals surface area contributed by atoms with Crippen molar-refractivity contribution in [2.45, 2.75) is 32.7 Å². The van der Waals surface area contributed by atoms with Crippen molar-refractivity contribution in [3.05, 3.63) is 41.2 Å². The summed E-state index contributed by atoms with van der Waals surface area (Å²) in [5, 5.41) is 0. The average Bonchev–Trinajstić information content (AvgIpc) is 2.79. The van der Waals surface area contributed by atoms with Crippen LogP contribution < -0.4 is 4.74 Å². The first kappa shape index (κ1) is 16.4. The molecule has 2 aliphatic heterocycles. The highest BCUT2D eigenvalue weighted by molar-refractivity contribution is 6.18. The maximum absolute atomic E-state index is 12.7. The van der Waals surface area contributed by atoms with Gasteiger partial charge in [-0.25, -0.2) is 0 Å². The van der Waals surface area contributed by atoms with Crippen LogP contribution in [0.3, 0.4) is 0 Å². The van der Waals surface area contributed by atoms with E-state index in [1.165, 1.54) is 11.8 Å². The van der Waals surface area contributed by atoms with Crippen LogP contribution in [0.2, 0.25) is 0 Å². The zero-order chi connectivity index (χ0) is 17.3. The van der Waals surface area contributed by atoms with Gasteiger partial charge in [-0.3, -0.25) is 19.3 Å². The van der Waals surface area contributed by atoms with Gasteiger partial charge in [-0.05, 0) is 38.8 Å². The molecule has 1 aromatic carbocycles. The normalized spacial score (nSPS) is 19.2. The molecule has 0 unspecified atom stereocenters. The lowest BCUT2D eigenvalue weighted by Gasteiger charge is -2.29. The van der Waals surface area contributed by atoms with Gasteiger partial charge in [-0.15, -0.1) is 0 Å². The molecule has 0 aliphatic carbocycles. The standard InChI is InChI=1S/C18H19NO5/c1-11-16(24-15-5-3-4-13(10-15)12(2)20)18(22)19(17(11)21)14-6-8-23-9-7-14/h3-5,10,14H,6-9H2,1-2H3. The average molecular weight is 329 g/mol. The first-order valence-corrected chi connectivity index (χ1v) is 7.94. The number of ketones is 1. The summed E-state index contributed by atoms with van der Waals surface area (Å²) in [4.78, 5) is 37.9. The molecule has 2 amide bonds. The van der Waals surface area contributed by atoms with Crippen molar-refractivity contribution in [2.24, 2.45) is 0 Å². The van der Waals surface area contributed by atoms with E-state index >= 15 is 0 Å². The molecule has 6 nitrogen and oxygen atoms in total. The van der Waals surface area contributed by atoms with E-state index in [2.05, 4.69) is 0 Å². The van der Waals surface area contributed by atoms with E-state index in [0.717, 1.165) is 0 Å². The van der Waals surface area contributed by atoms with E-state index in [1.807, 2.05) is 0 Å². The molecule has 0 atom stereocenters. The number of Topliss-reactive ketones (excluding diaryl/α,β-unsaturated/α-hetero) is 1. The minimum atomic E-state index is -0.419. The summed E-state index contributed by atoms with van der Waals surface area (Å²) in [6.07, 6.45) is 1.27. The molecule has 0 N–H and O–H groups in total. The van der Waals surface area contributed by atoms with Crippen molar-refractivity contribution < 1.29 is 23.9 Å². The smallest absolute Gasteiger partial charge is 0.297 e. The number of carbonyl (C=O) groups is 3. The molecular weight excluding hydrogens is 310 g/mol. The Labute approximate surface area is 140 Å². The van der Waals surface area contributed by atoms with E-state index in [0.29, 0.717) is 42.9 Å². The van der Waals surface area contributed by atoms with Gasteiger partial charge in [0.15, 0.2) is 5.78 Å². The molecule has 0 saturated carbocycles. The van der Waals surface area contributed by atoms with Gasteiger partial charge in [0.1, 0.15) is 5.75 Å². The predicted molar refractivity (Wildman–Crippen MR) is 85.5 cm³/mol. The quantitative estimate of drug-likeness (QED) is 0.625. The molecule has 126 valence electrons. The summed E-state index contributed by atoms with van der Waals surface area (Å²) < 4.78 is 11.0. The molecule has 0 aromatic heterocycles. The van der Waals surface area contributed by atoms with Crippen molar-refractivity contribution in [3.63, 3.8) is 0 Å². The summed E-state index contributed by atoms with van der Waals surface area (Å²) in [7, 11) is 0. The highest BCUT2D eigenvalue weighted by atomic mass is 16.5. The number of hydrogen-bond donors (Lipinski definition) is 0. The number of amides is 2. The summed E-state index contributed by atoms with van der Waals surface area (Å²) >= 11 is 0. The number of carbonyl (C=O) groups excluding carboxylic acids is 3. The third-order valence-corrected chi connectivity index (χ3v) is 4.31. The molecule has 1 saturated heterocycles. The number of hydrogen-bond acceptors (Lipinski definition) is 5. The van der Waals surface area contributed by atoms with Crippen LogP contribution in [-0.4, -0.2) is 41.8 Å². The van der Waals surface area contributed by atoms with Gasteiger partial charge >= 0.3 is 0 Å². The Balaban J connectivity index is 1.82. The second kappa shape index (κ2) is 6.57. The van der Waals surface area contributed by atoms with E-state index < -0.39 is 5.91 Å². The molecule has 2 aliphatic rings. The van der Waals surface area contributed by atoms with Gasteiger partial charge in [0.05, 0.1) is 5.57 Å². The third kappa shape index (κ3) is 2.97. The van der Waals surface area contributed by atoms with Crippen molar-refractivity contribution in [1.29, 1.82) is 0 Å². The van der Waals surface area contributed by atoms with Crippen molar-refractivity contribution in [2.75, 3.05) is 13.2 Å². The lowest BCUT2D eigenvalue weighted by atomic mass is 10.1. The molecule has 6 heteroatoms. The lowest BCUT2D eigenvalue weighted by molar-refractivity contribution is -0.143. The molecular formula is C18H19NO5. The minimum Gasteiger partial charge on any atom is -0.451 e. The van der Waals surface area contributed by atoms with E-state index in [9.17, 15) is 14.4 Å². The Morgan fingerprint density at radius 1 is 1.21 bits per heavy atom. The van der Waals surface area contributed by atoms with Crippen molar-refractivity contribution in [3.8, 4) is 5.75 Å². The molecule has 24 heavy (non-hydrogen) atoms. The van der Waals surface area contributed by atoms with Gasteiger partial charge in [0.25, 0.3) is 11.8 Å². The molecule has 0 spiro atoms. The van der Waals surface area contributed by atoms with Crippen LogP contribution in [0.1, 0.15) is 37.0 Å². The topological polar surface area (TPSA) is 72.9 Å². The summed E-state index contributed by atoms with van der Waals surface area (Å²) in [5.41, 5.74) is 0.781. The first-order valence-electron chi connectivity index (χ1n) is 7.94. The molecule has 2 heterocycles.